The highest BCUT2D eigenvalue weighted by Gasteiger charge is 2.38. The van der Waals surface area contributed by atoms with Crippen molar-refractivity contribution in [1.82, 2.24) is 0 Å². The molecule has 0 aromatic heterocycles. The van der Waals surface area contributed by atoms with Crippen LogP contribution in [0.3, 0.4) is 0 Å². The second kappa shape index (κ2) is 4.22. The summed E-state index contributed by atoms with van der Waals surface area (Å²) in [4.78, 5) is 11.1. The molecule has 1 saturated carbocycles. The number of carbonyl (C=O) groups excluding carboxylic acids is 1. The van der Waals surface area contributed by atoms with Gasteiger partial charge in [-0.1, -0.05) is 0 Å². The molecule has 86 valence electrons. The molecule has 2 fully saturated rings. The molecule has 0 aromatic carbocycles. The van der Waals surface area contributed by atoms with Crippen molar-refractivity contribution in [1.29, 1.82) is 0 Å². The number of rotatable bonds is 2. The van der Waals surface area contributed by atoms with Crippen LogP contribution in [0.5, 0.6) is 0 Å². The Morgan fingerprint density at radius 3 is 2.27 bits per heavy atom. The number of ketones is 1. The zero-order valence-electron chi connectivity index (χ0n) is 8.65. The van der Waals surface area contributed by atoms with E-state index in [9.17, 15) is 13.2 Å². The third-order valence-corrected chi connectivity index (χ3v) is 6.03. The van der Waals surface area contributed by atoms with Crippen molar-refractivity contribution in [2.45, 2.75) is 42.6 Å². The smallest absolute Gasteiger partial charge is 0.156 e. The van der Waals surface area contributed by atoms with Gasteiger partial charge >= 0.3 is 0 Å². The molecular weight excluding hydrogens is 216 g/mol. The maximum absolute atomic E-state index is 12.1. The zero-order chi connectivity index (χ0) is 10.9. The Morgan fingerprint density at radius 2 is 1.73 bits per heavy atom. The fourth-order valence-electron chi connectivity index (χ4n) is 2.34. The standard InChI is InChI=1S/C10H16O4S/c11-8-1-2-10(7-8)15(12,13)9-3-5-14-6-4-9/h9-10H,1-7H2. The van der Waals surface area contributed by atoms with Crippen LogP contribution in [0.4, 0.5) is 0 Å². The molecule has 0 aromatic rings. The largest absolute Gasteiger partial charge is 0.381 e. The van der Waals surface area contributed by atoms with Crippen LogP contribution in [0.1, 0.15) is 32.1 Å². The lowest BCUT2D eigenvalue weighted by Crippen LogP contribution is -2.35. The number of Topliss-reactive ketones (excluding diaryl/α,β-unsaturated/α-hetero) is 1. The fraction of sp³-hybridized carbons (Fsp3) is 0.900. The first-order valence-corrected chi connectivity index (χ1v) is 7.04. The Kier molecular flexibility index (Phi) is 3.11. The summed E-state index contributed by atoms with van der Waals surface area (Å²) in [6, 6.07) is 0. The summed E-state index contributed by atoms with van der Waals surface area (Å²) >= 11 is 0. The normalized spacial score (nSPS) is 29.6. The summed E-state index contributed by atoms with van der Waals surface area (Å²) in [5.41, 5.74) is 0. The van der Waals surface area contributed by atoms with Gasteiger partial charge in [-0.2, -0.15) is 0 Å². The summed E-state index contributed by atoms with van der Waals surface area (Å²) in [5, 5.41) is -0.685. The molecule has 1 atom stereocenters. The minimum absolute atomic E-state index is 0.0932. The lowest BCUT2D eigenvalue weighted by molar-refractivity contribution is -0.117. The summed E-state index contributed by atoms with van der Waals surface area (Å²) in [6.07, 6.45) is 2.38. The van der Waals surface area contributed by atoms with Gasteiger partial charge in [0.25, 0.3) is 0 Å². The van der Waals surface area contributed by atoms with Crippen molar-refractivity contribution in [3.05, 3.63) is 0 Å². The summed E-state index contributed by atoms with van der Waals surface area (Å²) in [7, 11) is -3.10. The van der Waals surface area contributed by atoms with Crippen molar-refractivity contribution in [3.63, 3.8) is 0 Å². The van der Waals surface area contributed by atoms with E-state index in [1.807, 2.05) is 0 Å². The summed E-state index contributed by atoms with van der Waals surface area (Å²) in [5.74, 6) is 0.0932. The number of hydrogen-bond donors (Lipinski definition) is 0. The molecule has 1 aliphatic heterocycles. The van der Waals surface area contributed by atoms with E-state index in [4.69, 9.17) is 4.74 Å². The highest BCUT2D eigenvalue weighted by molar-refractivity contribution is 7.92. The minimum atomic E-state index is -3.10. The molecule has 2 aliphatic rings. The number of hydrogen-bond acceptors (Lipinski definition) is 4. The molecule has 0 amide bonds. The lowest BCUT2D eigenvalue weighted by Gasteiger charge is -2.24. The highest BCUT2D eigenvalue weighted by Crippen LogP contribution is 2.28. The Hall–Kier alpha value is -0.420. The maximum Gasteiger partial charge on any atom is 0.156 e. The first kappa shape index (κ1) is 11.1. The van der Waals surface area contributed by atoms with Crippen molar-refractivity contribution >= 4 is 15.6 Å². The number of ether oxygens (including phenoxy) is 1. The van der Waals surface area contributed by atoms with E-state index in [-0.39, 0.29) is 17.5 Å². The van der Waals surface area contributed by atoms with E-state index in [0.29, 0.717) is 38.9 Å². The predicted molar refractivity (Wildman–Crippen MR) is 55.4 cm³/mol. The van der Waals surface area contributed by atoms with Gasteiger partial charge in [0, 0.05) is 26.1 Å². The predicted octanol–water partition coefficient (Wildman–Crippen LogP) is 0.702. The first-order chi connectivity index (χ1) is 7.10. The van der Waals surface area contributed by atoms with Crippen LogP contribution in [0.2, 0.25) is 0 Å². The molecule has 0 spiro atoms. The molecule has 1 aliphatic carbocycles. The van der Waals surface area contributed by atoms with E-state index >= 15 is 0 Å². The minimum Gasteiger partial charge on any atom is -0.381 e. The van der Waals surface area contributed by atoms with Gasteiger partial charge in [0.15, 0.2) is 9.84 Å². The van der Waals surface area contributed by atoms with E-state index in [2.05, 4.69) is 0 Å². The lowest BCUT2D eigenvalue weighted by atomic mass is 10.2. The van der Waals surface area contributed by atoms with Crippen LogP contribution in [0.15, 0.2) is 0 Å². The van der Waals surface area contributed by atoms with Crippen LogP contribution in [0.25, 0.3) is 0 Å². The maximum atomic E-state index is 12.1. The Bertz CT molecular complexity index is 340. The molecule has 0 radical (unpaired) electrons. The molecule has 5 heteroatoms. The Labute approximate surface area is 89.9 Å². The Balaban J connectivity index is 2.08. The van der Waals surface area contributed by atoms with Crippen LogP contribution in [0, 0.1) is 0 Å². The second-order valence-electron chi connectivity index (χ2n) is 4.30. The van der Waals surface area contributed by atoms with E-state index in [1.165, 1.54) is 0 Å². The molecule has 1 unspecified atom stereocenters. The average molecular weight is 232 g/mol. The topological polar surface area (TPSA) is 60.4 Å². The molecule has 15 heavy (non-hydrogen) atoms. The monoisotopic (exact) mass is 232 g/mol. The van der Waals surface area contributed by atoms with Gasteiger partial charge in [-0.25, -0.2) is 8.42 Å². The second-order valence-corrected chi connectivity index (χ2v) is 6.82. The first-order valence-electron chi connectivity index (χ1n) is 5.43. The zero-order valence-corrected chi connectivity index (χ0v) is 9.46. The SMILES string of the molecule is O=C1CCC(S(=O)(=O)C2CCOCC2)C1. The quantitative estimate of drug-likeness (QED) is 0.703. The summed E-state index contributed by atoms with van der Waals surface area (Å²) < 4.78 is 29.4. The number of sulfone groups is 1. The van der Waals surface area contributed by atoms with E-state index in [1.54, 1.807) is 0 Å². The third kappa shape index (κ3) is 2.23. The van der Waals surface area contributed by atoms with Gasteiger partial charge in [-0.3, -0.25) is 4.79 Å². The van der Waals surface area contributed by atoms with Gasteiger partial charge in [0.2, 0.25) is 0 Å². The van der Waals surface area contributed by atoms with E-state index < -0.39 is 15.1 Å². The highest BCUT2D eigenvalue weighted by atomic mass is 32.2. The molecule has 1 heterocycles. The third-order valence-electron chi connectivity index (χ3n) is 3.30. The Morgan fingerprint density at radius 1 is 1.07 bits per heavy atom. The average Bonchev–Trinajstić information content (AvgIpc) is 2.67. The van der Waals surface area contributed by atoms with Crippen LogP contribution in [-0.2, 0) is 19.4 Å². The molecular formula is C10H16O4S. The van der Waals surface area contributed by atoms with Crippen LogP contribution >= 0.6 is 0 Å². The van der Waals surface area contributed by atoms with Gasteiger partial charge in [0.1, 0.15) is 5.78 Å². The van der Waals surface area contributed by atoms with Gasteiger partial charge in [0.05, 0.1) is 10.5 Å². The van der Waals surface area contributed by atoms with Gasteiger partial charge in [-0.15, -0.1) is 0 Å². The number of carbonyl (C=O) groups is 1. The van der Waals surface area contributed by atoms with E-state index in [0.717, 1.165) is 0 Å². The molecule has 0 N–H and O–H groups in total. The van der Waals surface area contributed by atoms with Crippen molar-refractivity contribution in [2.24, 2.45) is 0 Å². The van der Waals surface area contributed by atoms with Crippen molar-refractivity contribution < 1.29 is 17.9 Å². The van der Waals surface area contributed by atoms with Crippen LogP contribution in [-0.4, -0.2) is 37.9 Å². The molecule has 2 rings (SSSR count). The molecule has 1 saturated heterocycles. The molecule has 0 bridgehead atoms. The fourth-order valence-corrected chi connectivity index (χ4v) is 4.60. The summed E-state index contributed by atoms with van der Waals surface area (Å²) in [6.45, 7) is 1.06. The van der Waals surface area contributed by atoms with Crippen molar-refractivity contribution in [3.8, 4) is 0 Å². The van der Waals surface area contributed by atoms with Crippen molar-refractivity contribution in [2.75, 3.05) is 13.2 Å². The van der Waals surface area contributed by atoms with Crippen LogP contribution < -0.4 is 0 Å². The van der Waals surface area contributed by atoms with Gasteiger partial charge < -0.3 is 4.74 Å². The van der Waals surface area contributed by atoms with Gasteiger partial charge in [-0.05, 0) is 19.3 Å². The molecule has 4 nitrogen and oxygen atoms in total.